The molecule has 0 aromatic rings. The molecule has 0 spiro atoms. The van der Waals surface area contributed by atoms with Crippen LogP contribution in [-0.2, 0) is 0 Å². The Bertz CT molecular complexity index is 234. The number of hydrogen-bond donors (Lipinski definition) is 6. The van der Waals surface area contributed by atoms with Crippen LogP contribution < -0.4 is 0 Å². The third-order valence-electron chi connectivity index (χ3n) is 3.45. The van der Waals surface area contributed by atoms with Crippen molar-refractivity contribution in [3.05, 3.63) is 0 Å². The van der Waals surface area contributed by atoms with Gasteiger partial charge in [0.1, 0.15) is 0 Å². The first-order valence-corrected chi connectivity index (χ1v) is 19.8. The molecule has 62 valence electrons. The molecule has 0 aromatic heterocycles. The molecule has 11 heavy (non-hydrogen) atoms. The van der Waals surface area contributed by atoms with Crippen LogP contribution in [0, 0.1) is 0 Å². The van der Waals surface area contributed by atoms with Crippen LogP contribution in [0.2, 0.25) is 0 Å². The van der Waals surface area contributed by atoms with E-state index in [1.54, 1.807) is 0 Å². The molecule has 0 aromatic carbocycles. The maximum atomic E-state index is 9.43. The van der Waals surface area contributed by atoms with Crippen molar-refractivity contribution in [2.45, 2.75) is 0 Å². The minimum Gasteiger partial charge on any atom is -0.436 e. The smallest absolute Gasteiger partial charge is 0.436 e. The van der Waals surface area contributed by atoms with E-state index in [1.165, 1.54) is 0 Å². The number of rotatable bonds is 1. The lowest BCUT2D eigenvalue weighted by molar-refractivity contribution is 0.259. The first-order chi connectivity index (χ1) is 4.75. The Hall–Kier alpha value is 0.844. The summed E-state index contributed by atoms with van der Waals surface area (Å²) in [7, 11) is -4.28. The lowest BCUT2D eigenvalue weighted by Gasteiger charge is -2.05. The molecule has 4 fully saturated rings. The second kappa shape index (κ2) is 1.10. The van der Waals surface area contributed by atoms with Gasteiger partial charge in [-0.25, -0.2) is 0 Å². The van der Waals surface area contributed by atoms with Gasteiger partial charge in [-0.3, -0.25) is 0 Å². The third kappa shape index (κ3) is 0.272. The normalized spacial score (nSPS) is 75.8. The van der Waals surface area contributed by atoms with Crippen molar-refractivity contribution >= 4 is 35.1 Å². The Morgan fingerprint density at radius 3 is 1.00 bits per heavy atom. The van der Waals surface area contributed by atoms with Gasteiger partial charge in [0.15, 0.2) is 0 Å². The fraction of sp³-hybridized carbons (Fsp3) is 0. The van der Waals surface area contributed by atoms with Gasteiger partial charge in [0.05, 0.1) is 0 Å². The van der Waals surface area contributed by atoms with Crippen LogP contribution in [-0.4, -0.2) is 63.8 Å². The summed E-state index contributed by atoms with van der Waals surface area (Å²) in [6, 6.07) is 0. The highest BCUT2D eigenvalue weighted by molar-refractivity contribution is 8.94. The molecule has 4 rings (SSSR count). The average molecular weight is 242 g/mol. The van der Waals surface area contributed by atoms with Crippen LogP contribution in [0.4, 0.5) is 0 Å². The van der Waals surface area contributed by atoms with Gasteiger partial charge in [0.25, 0.3) is 0 Å². The lowest BCUT2D eigenvalue weighted by atomic mass is 15.8. The molecule has 4 saturated heterocycles. The van der Waals surface area contributed by atoms with Gasteiger partial charge >= 0.3 is 8.32 Å². The standard InChI is InChI=1S/H6O6Si5/c1-7(2,3)11-8(4)9(11,5)10(8,11)6/h1-6H. The quantitative estimate of drug-likeness (QED) is 0.256. The van der Waals surface area contributed by atoms with Gasteiger partial charge in [0.2, 0.25) is 26.8 Å². The van der Waals surface area contributed by atoms with E-state index in [0.29, 0.717) is 0 Å². The van der Waals surface area contributed by atoms with E-state index in [0.717, 1.165) is 0 Å². The van der Waals surface area contributed by atoms with E-state index in [4.69, 9.17) is 14.4 Å². The predicted octanol–water partition coefficient (Wildman–Crippen LogP) is -5.25. The molecule has 4 aliphatic rings. The molecule has 0 aliphatic carbocycles. The van der Waals surface area contributed by atoms with E-state index >= 15 is 0 Å². The summed E-state index contributed by atoms with van der Waals surface area (Å²) in [6.07, 6.45) is -2.84. The van der Waals surface area contributed by atoms with E-state index in [9.17, 15) is 14.4 Å². The highest BCUT2D eigenvalue weighted by atomic mass is 31.2. The maximum absolute atomic E-state index is 9.43. The molecule has 6 N–H and O–H groups in total. The average Bonchev–Trinajstić information content (AvgIpc) is 2.64. The fourth-order valence-corrected chi connectivity index (χ4v) is 300. The van der Waals surface area contributed by atoms with Crippen LogP contribution >= 0.6 is 0 Å². The zero-order valence-electron chi connectivity index (χ0n) is 5.18. The molecule has 6 nitrogen and oxygen atoms in total. The summed E-state index contributed by atoms with van der Waals surface area (Å²) in [5.74, 6) is 0. The molecule has 0 atom stereocenters. The largest absolute Gasteiger partial charge is 0.461 e. The van der Waals surface area contributed by atoms with E-state index < -0.39 is 35.1 Å². The van der Waals surface area contributed by atoms with Gasteiger partial charge in [-0.1, -0.05) is 0 Å². The van der Waals surface area contributed by atoms with Gasteiger partial charge in [-0.2, -0.15) is 0 Å². The van der Waals surface area contributed by atoms with Gasteiger partial charge in [0, 0.05) is 0 Å². The summed E-state index contributed by atoms with van der Waals surface area (Å²) >= 11 is 0. The van der Waals surface area contributed by atoms with Gasteiger partial charge < -0.3 is 28.8 Å². The van der Waals surface area contributed by atoms with E-state index in [-0.39, 0.29) is 0 Å². The fourth-order valence-electron chi connectivity index (χ4n) is 2.64. The Labute approximate surface area is 64.3 Å². The van der Waals surface area contributed by atoms with Crippen LogP contribution in [0.3, 0.4) is 0 Å². The topological polar surface area (TPSA) is 121 Å². The number of hydrogen-bond acceptors (Lipinski definition) is 6. The van der Waals surface area contributed by atoms with Crippen LogP contribution in [0.15, 0.2) is 0 Å². The zero-order chi connectivity index (χ0) is 8.50. The van der Waals surface area contributed by atoms with Gasteiger partial charge in [-0.05, 0) is 0 Å². The van der Waals surface area contributed by atoms with Crippen LogP contribution in [0.25, 0.3) is 0 Å². The summed E-state index contributed by atoms with van der Waals surface area (Å²) in [6.45, 7) is -8.42. The first-order valence-electron chi connectivity index (χ1n) is 3.09. The van der Waals surface area contributed by atoms with Crippen molar-refractivity contribution in [1.82, 2.24) is 0 Å². The first kappa shape index (κ1) is 7.27. The predicted molar refractivity (Wildman–Crippen MR) is 42.1 cm³/mol. The highest BCUT2D eigenvalue weighted by Gasteiger charge is 3.52. The summed E-state index contributed by atoms with van der Waals surface area (Å²) in [5.41, 5.74) is 0. The summed E-state index contributed by atoms with van der Waals surface area (Å²) in [4.78, 5) is 55.0. The van der Waals surface area contributed by atoms with E-state index in [2.05, 4.69) is 0 Å². The van der Waals surface area contributed by atoms with Crippen molar-refractivity contribution < 1.29 is 28.8 Å². The molecule has 0 radical (unpaired) electrons. The molecule has 0 unspecified atom stereocenters. The van der Waals surface area contributed by atoms with Crippen molar-refractivity contribution in [3.63, 3.8) is 0 Å². The molecule has 0 amide bonds. The van der Waals surface area contributed by atoms with Crippen LogP contribution in [0.1, 0.15) is 0 Å². The van der Waals surface area contributed by atoms with Crippen LogP contribution in [0.5, 0.6) is 0 Å². The van der Waals surface area contributed by atoms with Crippen molar-refractivity contribution in [2.24, 2.45) is 0 Å². The summed E-state index contributed by atoms with van der Waals surface area (Å²) < 4.78 is 0. The SMILES string of the molecule is O[Si](O)(O)[Si]12[Si]3(O)[Si]1(O)[Si]32O. The second-order valence-electron chi connectivity index (χ2n) is 3.52. The summed E-state index contributed by atoms with van der Waals surface area (Å²) in [5, 5.41) is 0. The molecule has 11 heteroatoms. The zero-order valence-corrected chi connectivity index (χ0v) is 10.2. The Morgan fingerprint density at radius 2 is 1.00 bits per heavy atom. The Morgan fingerprint density at radius 1 is 0.727 bits per heavy atom. The highest BCUT2D eigenvalue weighted by Crippen LogP contribution is 2.96. The monoisotopic (exact) mass is 242 g/mol. The molecule has 0 bridgehead atoms. The molecule has 0 saturated carbocycles. The van der Waals surface area contributed by atoms with Crippen molar-refractivity contribution in [3.8, 4) is 0 Å². The molecule has 4 heterocycles. The lowest BCUT2D eigenvalue weighted by Crippen LogP contribution is -2.50. The minimum atomic E-state index is -4.28. The Kier molecular flexibility index (Phi) is 0.730. The third-order valence-corrected chi connectivity index (χ3v) is 151. The maximum Gasteiger partial charge on any atom is 0.461 e. The molecule has 4 aliphatic heterocycles. The van der Waals surface area contributed by atoms with Gasteiger partial charge in [-0.15, -0.1) is 0 Å². The molecular formula is H6O6Si5. The molecular weight excluding hydrogens is 236 g/mol. The van der Waals surface area contributed by atoms with E-state index in [1.807, 2.05) is 0 Å². The van der Waals surface area contributed by atoms with Crippen molar-refractivity contribution in [1.29, 1.82) is 0 Å². The second-order valence-corrected chi connectivity index (χ2v) is 63.6. The minimum absolute atomic E-state index is 2.81. The van der Waals surface area contributed by atoms with Crippen molar-refractivity contribution in [2.75, 3.05) is 0 Å². The Balaban J connectivity index is 2.10.